The third kappa shape index (κ3) is 7.12. The number of ether oxygens (including phenoxy) is 3. The molecule has 30 heavy (non-hydrogen) atoms. The number of carbonyl (C=O) groups excluding carboxylic acids is 1. The smallest absolute Gasteiger partial charge is 0.222 e. The highest BCUT2D eigenvalue weighted by Gasteiger charge is 2.42. The van der Waals surface area contributed by atoms with Crippen molar-refractivity contribution in [2.75, 3.05) is 26.4 Å². The van der Waals surface area contributed by atoms with Crippen LogP contribution < -0.4 is 0 Å². The van der Waals surface area contributed by atoms with Crippen LogP contribution >= 0.6 is 0 Å². The van der Waals surface area contributed by atoms with Crippen molar-refractivity contribution in [3.63, 3.8) is 0 Å². The summed E-state index contributed by atoms with van der Waals surface area (Å²) in [6, 6.07) is -0.0654. The van der Waals surface area contributed by atoms with Crippen LogP contribution in [0.3, 0.4) is 0 Å². The van der Waals surface area contributed by atoms with Crippen molar-refractivity contribution in [2.24, 2.45) is 5.92 Å². The van der Waals surface area contributed by atoms with E-state index in [1.165, 1.54) is 0 Å². The fourth-order valence-electron chi connectivity index (χ4n) is 3.97. The van der Waals surface area contributed by atoms with Crippen molar-refractivity contribution in [3.8, 4) is 0 Å². The second-order valence-electron chi connectivity index (χ2n) is 8.72. The number of carbonyl (C=O) groups is 1. The molecule has 9 nitrogen and oxygen atoms in total. The van der Waals surface area contributed by atoms with Gasteiger partial charge in [0, 0.05) is 25.5 Å². The van der Waals surface area contributed by atoms with E-state index in [4.69, 9.17) is 14.2 Å². The van der Waals surface area contributed by atoms with Crippen LogP contribution in [0.2, 0.25) is 0 Å². The van der Waals surface area contributed by atoms with Gasteiger partial charge in [0.25, 0.3) is 0 Å². The van der Waals surface area contributed by atoms with Gasteiger partial charge in [-0.25, -0.2) is 0 Å². The zero-order chi connectivity index (χ0) is 22.3. The van der Waals surface area contributed by atoms with Crippen LogP contribution in [0.15, 0.2) is 0 Å². The van der Waals surface area contributed by atoms with E-state index in [1.54, 1.807) is 11.8 Å². The largest absolute Gasteiger partial charge is 0.394 e. The molecule has 2 heterocycles. The molecule has 0 aliphatic carbocycles. The SMILES string of the molecule is CC(C)OC[C@@H]1C[C@@H](O)CN1C(=O)CCCCCO[C@@H]1OC(CO)C(O)[C@H](O)C1C. The van der Waals surface area contributed by atoms with E-state index in [9.17, 15) is 25.2 Å². The number of amides is 1. The van der Waals surface area contributed by atoms with Crippen molar-refractivity contribution in [1.29, 1.82) is 0 Å². The average Bonchev–Trinajstić information content (AvgIpc) is 3.09. The maximum atomic E-state index is 12.5. The number of β-amino-alcohol motifs (C(OH)–C–C–N with tert-alkyl or cyclic N) is 1. The Morgan fingerprint density at radius 2 is 1.90 bits per heavy atom. The van der Waals surface area contributed by atoms with Crippen LogP contribution in [-0.2, 0) is 19.0 Å². The lowest BCUT2D eigenvalue weighted by atomic mass is 9.92. The highest BCUT2D eigenvalue weighted by molar-refractivity contribution is 5.76. The molecule has 0 aromatic heterocycles. The van der Waals surface area contributed by atoms with E-state index in [2.05, 4.69) is 0 Å². The molecule has 0 bridgehead atoms. The third-order valence-electron chi connectivity index (χ3n) is 5.84. The van der Waals surface area contributed by atoms with Gasteiger partial charge in [-0.15, -0.1) is 0 Å². The van der Waals surface area contributed by atoms with Gasteiger partial charge in [-0.05, 0) is 33.1 Å². The van der Waals surface area contributed by atoms with Crippen LogP contribution in [0.4, 0.5) is 0 Å². The minimum Gasteiger partial charge on any atom is -0.394 e. The van der Waals surface area contributed by atoms with Gasteiger partial charge >= 0.3 is 0 Å². The number of hydrogen-bond donors (Lipinski definition) is 4. The molecule has 2 aliphatic heterocycles. The summed E-state index contributed by atoms with van der Waals surface area (Å²) in [5.41, 5.74) is 0. The first-order valence-electron chi connectivity index (χ1n) is 11.1. The fourth-order valence-corrected chi connectivity index (χ4v) is 3.97. The summed E-state index contributed by atoms with van der Waals surface area (Å²) in [5.74, 6) is -0.368. The van der Waals surface area contributed by atoms with Crippen molar-refractivity contribution in [3.05, 3.63) is 0 Å². The summed E-state index contributed by atoms with van der Waals surface area (Å²) in [6.07, 6.45) is -0.872. The molecule has 2 fully saturated rings. The topological polar surface area (TPSA) is 129 Å². The van der Waals surface area contributed by atoms with Gasteiger partial charge < -0.3 is 39.5 Å². The van der Waals surface area contributed by atoms with Gasteiger partial charge in [-0.3, -0.25) is 4.79 Å². The molecule has 2 saturated heterocycles. The van der Waals surface area contributed by atoms with Crippen molar-refractivity contribution in [1.82, 2.24) is 4.90 Å². The molecule has 0 aromatic rings. The molecule has 0 aromatic carbocycles. The molecule has 2 rings (SSSR count). The molecule has 1 amide bonds. The van der Waals surface area contributed by atoms with E-state index in [0.717, 1.165) is 12.8 Å². The van der Waals surface area contributed by atoms with Crippen molar-refractivity contribution < 1.29 is 39.4 Å². The summed E-state index contributed by atoms with van der Waals surface area (Å²) >= 11 is 0. The summed E-state index contributed by atoms with van der Waals surface area (Å²) in [7, 11) is 0. The maximum absolute atomic E-state index is 12.5. The van der Waals surface area contributed by atoms with E-state index in [-0.39, 0.29) is 24.7 Å². The number of nitrogens with zero attached hydrogens (tertiary/aromatic N) is 1. The van der Waals surface area contributed by atoms with E-state index in [0.29, 0.717) is 39.0 Å². The lowest BCUT2D eigenvalue weighted by molar-refractivity contribution is -0.282. The molecule has 0 saturated carbocycles. The maximum Gasteiger partial charge on any atom is 0.222 e. The Morgan fingerprint density at radius 1 is 1.17 bits per heavy atom. The summed E-state index contributed by atoms with van der Waals surface area (Å²) in [4.78, 5) is 14.3. The Bertz CT molecular complexity index is 517. The summed E-state index contributed by atoms with van der Waals surface area (Å²) < 4.78 is 16.8. The van der Waals surface area contributed by atoms with E-state index < -0.39 is 36.6 Å². The summed E-state index contributed by atoms with van der Waals surface area (Å²) in [5, 5.41) is 39.1. The number of hydrogen-bond acceptors (Lipinski definition) is 8. The Morgan fingerprint density at radius 3 is 2.57 bits per heavy atom. The van der Waals surface area contributed by atoms with Gasteiger partial charge in [-0.2, -0.15) is 0 Å². The third-order valence-corrected chi connectivity index (χ3v) is 5.84. The molecular formula is C21H39NO8. The van der Waals surface area contributed by atoms with Crippen LogP contribution in [-0.4, -0.2) is 100 Å². The molecule has 3 unspecified atom stereocenters. The molecule has 4 N–H and O–H groups in total. The quantitative estimate of drug-likeness (QED) is 0.336. The number of likely N-dealkylation sites (tertiary alicyclic amines) is 1. The molecule has 176 valence electrons. The number of unbranched alkanes of at least 4 members (excludes halogenated alkanes) is 2. The predicted octanol–water partition coefficient (Wildman–Crippen LogP) is 0.0253. The van der Waals surface area contributed by atoms with Crippen LogP contribution in [0.5, 0.6) is 0 Å². The first-order valence-corrected chi connectivity index (χ1v) is 11.1. The Kier molecular flexibility index (Phi) is 10.4. The standard InChI is InChI=1S/C21H39NO8/c1-13(2)29-12-15-9-16(24)10-22(15)18(25)7-5-4-6-8-28-21-14(3)19(26)20(27)17(11-23)30-21/h13-17,19-21,23-24,26-27H,4-12H2,1-3H3/t14?,15-,16+,17?,19+,20?,21+/m0/s1. The lowest BCUT2D eigenvalue weighted by Crippen LogP contribution is -2.55. The predicted molar refractivity (Wildman–Crippen MR) is 109 cm³/mol. The zero-order valence-corrected chi connectivity index (χ0v) is 18.4. The molecular weight excluding hydrogens is 394 g/mol. The fraction of sp³-hybridized carbons (Fsp3) is 0.952. The van der Waals surface area contributed by atoms with Crippen LogP contribution in [0.1, 0.15) is 52.9 Å². The average molecular weight is 434 g/mol. The van der Waals surface area contributed by atoms with Crippen molar-refractivity contribution in [2.45, 2.75) is 95.7 Å². The number of aliphatic hydroxyl groups excluding tert-OH is 4. The highest BCUT2D eigenvalue weighted by atomic mass is 16.7. The second kappa shape index (κ2) is 12.3. The van der Waals surface area contributed by atoms with Gasteiger partial charge in [0.05, 0.1) is 37.6 Å². The molecule has 7 atom stereocenters. The molecule has 0 spiro atoms. The van der Waals surface area contributed by atoms with Crippen LogP contribution in [0.25, 0.3) is 0 Å². The van der Waals surface area contributed by atoms with Crippen molar-refractivity contribution >= 4 is 5.91 Å². The minimum absolute atomic E-state index is 0.0389. The highest BCUT2D eigenvalue weighted by Crippen LogP contribution is 2.27. The number of aliphatic hydroxyl groups is 4. The Hall–Kier alpha value is -0.810. The number of rotatable bonds is 11. The lowest BCUT2D eigenvalue weighted by Gasteiger charge is -2.40. The monoisotopic (exact) mass is 433 g/mol. The van der Waals surface area contributed by atoms with Gasteiger partial charge in [0.15, 0.2) is 6.29 Å². The van der Waals surface area contributed by atoms with Crippen LogP contribution in [0, 0.1) is 5.92 Å². The zero-order valence-electron chi connectivity index (χ0n) is 18.4. The van der Waals surface area contributed by atoms with Gasteiger partial charge in [-0.1, -0.05) is 13.3 Å². The Labute approximate surface area is 178 Å². The molecule has 2 aliphatic rings. The second-order valence-corrected chi connectivity index (χ2v) is 8.72. The first-order chi connectivity index (χ1) is 14.2. The Balaban J connectivity index is 1.64. The van der Waals surface area contributed by atoms with E-state index in [1.807, 2.05) is 13.8 Å². The van der Waals surface area contributed by atoms with Gasteiger partial charge in [0.1, 0.15) is 12.2 Å². The normalized spacial score (nSPS) is 34.7. The first kappa shape index (κ1) is 25.5. The van der Waals surface area contributed by atoms with E-state index >= 15 is 0 Å². The summed E-state index contributed by atoms with van der Waals surface area (Å²) in [6.45, 7) is 6.46. The minimum atomic E-state index is -1.13. The molecule has 0 radical (unpaired) electrons. The van der Waals surface area contributed by atoms with Gasteiger partial charge in [0.2, 0.25) is 5.91 Å². The molecule has 9 heteroatoms.